The summed E-state index contributed by atoms with van der Waals surface area (Å²) in [6.45, 7) is 9.05. The molecule has 0 saturated heterocycles. The van der Waals surface area contributed by atoms with E-state index in [-0.39, 0.29) is 11.2 Å². The van der Waals surface area contributed by atoms with Gasteiger partial charge in [-0.1, -0.05) is 68.4 Å². The minimum Gasteiger partial charge on any atom is -0.365 e. The fraction of sp³-hybridized carbons (Fsp3) is 0.357. The molecular weight excluding hydrogens is 426 g/mol. The van der Waals surface area contributed by atoms with Gasteiger partial charge in [-0.25, -0.2) is 4.79 Å². The lowest BCUT2D eigenvalue weighted by molar-refractivity contribution is -0.00707. The molecule has 0 N–H and O–H groups in total. The van der Waals surface area contributed by atoms with E-state index in [1.54, 1.807) is 18.7 Å². The normalized spacial score (nSPS) is 17.3. The van der Waals surface area contributed by atoms with Gasteiger partial charge in [-0.3, -0.25) is 13.9 Å². The minimum absolute atomic E-state index is 0.288. The molecule has 1 aliphatic rings. The van der Waals surface area contributed by atoms with Crippen molar-refractivity contribution >= 4 is 10.9 Å². The Morgan fingerprint density at radius 1 is 0.941 bits per heavy atom. The van der Waals surface area contributed by atoms with E-state index in [4.69, 9.17) is 4.74 Å². The average Bonchev–Trinajstić information content (AvgIpc) is 3.20. The van der Waals surface area contributed by atoms with Crippen LogP contribution in [-0.4, -0.2) is 20.3 Å². The quantitative estimate of drug-likeness (QED) is 0.449. The molecule has 34 heavy (non-hydrogen) atoms. The van der Waals surface area contributed by atoms with Crippen molar-refractivity contribution in [2.45, 2.75) is 45.3 Å². The number of rotatable bonds is 3. The Bertz CT molecular complexity index is 1500. The van der Waals surface area contributed by atoms with E-state index in [9.17, 15) is 9.59 Å². The zero-order chi connectivity index (χ0) is 24.4. The van der Waals surface area contributed by atoms with Crippen LogP contribution in [0.1, 0.15) is 56.5 Å². The first-order chi connectivity index (χ1) is 16.1. The first kappa shape index (κ1) is 22.4. The molecule has 3 heterocycles. The van der Waals surface area contributed by atoms with Crippen LogP contribution in [0.15, 0.2) is 64.2 Å². The van der Waals surface area contributed by atoms with E-state index in [0.29, 0.717) is 23.4 Å². The van der Waals surface area contributed by atoms with Crippen LogP contribution in [0.5, 0.6) is 0 Å². The maximum atomic E-state index is 13.6. The van der Waals surface area contributed by atoms with Gasteiger partial charge < -0.3 is 9.30 Å². The van der Waals surface area contributed by atoms with Crippen LogP contribution < -0.4 is 11.2 Å². The van der Waals surface area contributed by atoms with Crippen molar-refractivity contribution in [1.29, 1.82) is 0 Å². The highest BCUT2D eigenvalue weighted by Gasteiger charge is 2.40. The SMILES string of the molecule is CC(C)c1ccc([C@H]2OCC(C)(C)n3c(-c4ccccc4)c4c(=O)n(C)c(=O)n(C)c4c32)cc1. The van der Waals surface area contributed by atoms with Crippen LogP contribution in [0, 0.1) is 0 Å². The third-order valence-corrected chi connectivity index (χ3v) is 7.02. The monoisotopic (exact) mass is 457 g/mol. The van der Waals surface area contributed by atoms with E-state index < -0.39 is 11.6 Å². The van der Waals surface area contributed by atoms with Crippen LogP contribution in [-0.2, 0) is 24.4 Å². The largest absolute Gasteiger partial charge is 0.365 e. The molecule has 0 amide bonds. The molecule has 5 rings (SSSR count). The van der Waals surface area contributed by atoms with Crippen molar-refractivity contribution < 1.29 is 4.74 Å². The zero-order valence-corrected chi connectivity index (χ0v) is 20.6. The number of fused-ring (bicyclic) bond motifs is 3. The molecule has 4 aromatic rings. The molecular formula is C28H31N3O3. The molecule has 0 fully saturated rings. The Morgan fingerprint density at radius 2 is 1.59 bits per heavy atom. The summed E-state index contributed by atoms with van der Waals surface area (Å²) < 4.78 is 11.5. The molecule has 2 aromatic carbocycles. The predicted molar refractivity (Wildman–Crippen MR) is 136 cm³/mol. The summed E-state index contributed by atoms with van der Waals surface area (Å²) in [5.41, 5.74) is 4.47. The Morgan fingerprint density at radius 3 is 2.21 bits per heavy atom. The van der Waals surface area contributed by atoms with Crippen LogP contribution in [0.4, 0.5) is 0 Å². The molecule has 0 radical (unpaired) electrons. The van der Waals surface area contributed by atoms with Gasteiger partial charge in [0.1, 0.15) is 6.10 Å². The van der Waals surface area contributed by atoms with E-state index >= 15 is 0 Å². The van der Waals surface area contributed by atoms with Crippen molar-refractivity contribution in [1.82, 2.24) is 13.7 Å². The number of ether oxygens (including phenoxy) is 1. The molecule has 0 aliphatic carbocycles. The third kappa shape index (κ3) is 3.20. The summed E-state index contributed by atoms with van der Waals surface area (Å²) in [5, 5.41) is 0.549. The highest BCUT2D eigenvalue weighted by atomic mass is 16.5. The second-order valence-corrected chi connectivity index (χ2v) is 10.2. The molecule has 2 aromatic heterocycles. The second-order valence-electron chi connectivity index (χ2n) is 10.2. The van der Waals surface area contributed by atoms with Gasteiger partial charge >= 0.3 is 5.69 Å². The number of hydrogen-bond acceptors (Lipinski definition) is 3. The van der Waals surface area contributed by atoms with Crippen molar-refractivity contribution in [3.8, 4) is 11.3 Å². The van der Waals surface area contributed by atoms with E-state index in [1.807, 2.05) is 30.3 Å². The molecule has 1 aliphatic heterocycles. The molecule has 0 unspecified atom stereocenters. The molecule has 0 bridgehead atoms. The van der Waals surface area contributed by atoms with E-state index in [0.717, 1.165) is 22.5 Å². The lowest BCUT2D eigenvalue weighted by Gasteiger charge is -2.39. The fourth-order valence-electron chi connectivity index (χ4n) is 5.18. The summed E-state index contributed by atoms with van der Waals surface area (Å²) >= 11 is 0. The molecule has 0 saturated carbocycles. The van der Waals surface area contributed by atoms with Crippen LogP contribution >= 0.6 is 0 Å². The number of hydrogen-bond donors (Lipinski definition) is 0. The van der Waals surface area contributed by atoms with Crippen molar-refractivity contribution in [3.63, 3.8) is 0 Å². The van der Waals surface area contributed by atoms with E-state index in [2.05, 4.69) is 56.5 Å². The third-order valence-electron chi connectivity index (χ3n) is 7.02. The number of aromatic nitrogens is 3. The standard InChI is InChI=1S/C28H31N3O3/c1-17(2)18-12-14-20(15-13-18)25-24-23-21(26(32)30(6)27(33)29(23)5)22(19-10-8-7-9-11-19)31(24)28(3,4)16-34-25/h7-15,17,25H,16H2,1-6H3/t25-/m1/s1. The Balaban J connectivity index is 1.94. The van der Waals surface area contributed by atoms with Gasteiger partial charge in [0.25, 0.3) is 5.56 Å². The highest BCUT2D eigenvalue weighted by Crippen LogP contribution is 2.45. The average molecular weight is 458 g/mol. The first-order valence-corrected chi connectivity index (χ1v) is 11.7. The van der Waals surface area contributed by atoms with Crippen LogP contribution in [0.25, 0.3) is 22.2 Å². The topological polar surface area (TPSA) is 58.2 Å². The lowest BCUT2D eigenvalue weighted by atomic mass is 9.95. The van der Waals surface area contributed by atoms with Crippen molar-refractivity contribution in [2.75, 3.05) is 6.61 Å². The Kier molecular flexibility index (Phi) is 5.17. The smallest absolute Gasteiger partial charge is 0.331 e. The molecule has 6 nitrogen and oxygen atoms in total. The highest BCUT2D eigenvalue weighted by molar-refractivity contribution is 5.96. The van der Waals surface area contributed by atoms with Gasteiger partial charge in [-0.2, -0.15) is 0 Å². The summed E-state index contributed by atoms with van der Waals surface area (Å²) in [5.74, 6) is 0.429. The molecule has 176 valence electrons. The molecule has 0 spiro atoms. The summed E-state index contributed by atoms with van der Waals surface area (Å²) in [6.07, 6.45) is -0.396. The van der Waals surface area contributed by atoms with Gasteiger partial charge in [0.2, 0.25) is 0 Å². The summed E-state index contributed by atoms with van der Waals surface area (Å²) in [6, 6.07) is 18.4. The van der Waals surface area contributed by atoms with Crippen LogP contribution in [0.3, 0.4) is 0 Å². The first-order valence-electron chi connectivity index (χ1n) is 11.7. The van der Waals surface area contributed by atoms with Crippen molar-refractivity contribution in [2.24, 2.45) is 14.1 Å². The summed E-state index contributed by atoms with van der Waals surface area (Å²) in [4.78, 5) is 26.6. The van der Waals surface area contributed by atoms with Gasteiger partial charge in [-0.15, -0.1) is 0 Å². The lowest BCUT2D eigenvalue weighted by Crippen LogP contribution is -2.40. The molecule has 6 heteroatoms. The zero-order valence-electron chi connectivity index (χ0n) is 20.6. The number of aryl methyl sites for hydroxylation is 1. The Hall–Kier alpha value is -3.38. The van der Waals surface area contributed by atoms with Gasteiger partial charge in [-0.05, 0) is 36.5 Å². The van der Waals surface area contributed by atoms with Gasteiger partial charge in [0, 0.05) is 14.1 Å². The fourth-order valence-corrected chi connectivity index (χ4v) is 5.18. The summed E-state index contributed by atoms with van der Waals surface area (Å²) in [7, 11) is 3.28. The van der Waals surface area contributed by atoms with Gasteiger partial charge in [0.15, 0.2) is 0 Å². The molecule has 1 atom stereocenters. The van der Waals surface area contributed by atoms with Crippen LogP contribution in [0.2, 0.25) is 0 Å². The Labute approximate surface area is 199 Å². The van der Waals surface area contributed by atoms with Gasteiger partial charge in [0.05, 0.1) is 34.4 Å². The minimum atomic E-state index is -0.422. The maximum Gasteiger partial charge on any atom is 0.331 e. The maximum absolute atomic E-state index is 13.6. The van der Waals surface area contributed by atoms with E-state index in [1.165, 1.54) is 10.1 Å². The number of benzene rings is 2. The predicted octanol–water partition coefficient (Wildman–Crippen LogP) is 4.68. The second kappa shape index (κ2) is 7.84. The number of nitrogens with zero attached hydrogens (tertiary/aromatic N) is 3. The van der Waals surface area contributed by atoms with Crippen molar-refractivity contribution in [3.05, 3.63) is 92.3 Å².